The molecule has 0 bridgehead atoms. The van der Waals surface area contributed by atoms with Gasteiger partial charge in [0.25, 0.3) is 0 Å². The Hall–Kier alpha value is -1.97. The van der Waals surface area contributed by atoms with Crippen LogP contribution in [0.2, 0.25) is 0 Å². The van der Waals surface area contributed by atoms with Crippen molar-refractivity contribution in [3.8, 4) is 0 Å². The van der Waals surface area contributed by atoms with Crippen LogP contribution >= 0.6 is 20.2 Å². The van der Waals surface area contributed by atoms with E-state index in [1.54, 1.807) is 0 Å². The summed E-state index contributed by atoms with van der Waals surface area (Å²) in [6.07, 6.45) is 0. The first-order chi connectivity index (χ1) is 19.6. The van der Waals surface area contributed by atoms with Crippen molar-refractivity contribution < 1.29 is 13.1 Å². The van der Waals surface area contributed by atoms with E-state index in [9.17, 15) is 0 Å². The van der Waals surface area contributed by atoms with Crippen LogP contribution in [-0.4, -0.2) is 16.4 Å². The Balaban J connectivity index is 0.00000206. The van der Waals surface area contributed by atoms with Gasteiger partial charge in [0.2, 0.25) is 0 Å². The first-order valence-electron chi connectivity index (χ1n) is 14.8. The summed E-state index contributed by atoms with van der Waals surface area (Å²) < 4.78 is 0. The number of hydrogen-bond donors (Lipinski definition) is 0. The minimum atomic E-state index is -0.0237. The predicted octanol–water partition coefficient (Wildman–Crippen LogP) is 11.9. The van der Waals surface area contributed by atoms with E-state index in [2.05, 4.69) is 152 Å². The van der Waals surface area contributed by atoms with Gasteiger partial charge in [-0.05, 0) is 69.9 Å². The molecule has 0 aliphatic rings. The second kappa shape index (κ2) is 14.4. The molecule has 3 rings (SSSR count). The van der Waals surface area contributed by atoms with Crippen LogP contribution in [-0.2, 0) is 34.8 Å². The van der Waals surface area contributed by atoms with Crippen molar-refractivity contribution in [2.45, 2.75) is 119 Å². The third kappa shape index (κ3) is 10.0. The zero-order valence-corrected chi connectivity index (χ0v) is 31.3. The Kier molecular flexibility index (Phi) is 12.5. The molecule has 0 saturated carbocycles. The molecule has 236 valence electrons. The summed E-state index contributed by atoms with van der Waals surface area (Å²) in [4.78, 5) is 15.6. The van der Waals surface area contributed by atoms with Crippen LogP contribution in [0.5, 0.6) is 0 Å². The first-order valence-corrected chi connectivity index (χ1v) is 17.9. The quantitative estimate of drug-likeness (QED) is 0.202. The molecule has 1 aromatic heterocycles. The molecule has 43 heavy (non-hydrogen) atoms. The molecule has 0 radical (unpaired) electrons. The van der Waals surface area contributed by atoms with E-state index >= 15 is 0 Å². The molecule has 0 unspecified atom stereocenters. The van der Waals surface area contributed by atoms with Gasteiger partial charge >= 0.3 is 33.3 Å². The Bertz CT molecular complexity index is 1290. The summed E-state index contributed by atoms with van der Waals surface area (Å²) in [5.41, 5.74) is 10.6. The molecule has 0 spiro atoms. The number of para-hydroxylation sites is 2. The van der Waals surface area contributed by atoms with E-state index in [-0.39, 0.29) is 34.8 Å². The molecular weight excluding hydrogens is 613 g/mol. The number of pyridine rings is 1. The van der Waals surface area contributed by atoms with E-state index in [0.717, 1.165) is 34.2 Å². The topological polar surface area (TPSA) is 37.6 Å². The number of aliphatic imine (C=N–C) groups is 2. The van der Waals surface area contributed by atoms with Crippen molar-refractivity contribution in [2.75, 3.05) is 0 Å². The normalized spacial score (nSPS) is 13.6. The minimum absolute atomic E-state index is 0.0237. The predicted molar refractivity (Wildman–Crippen MR) is 187 cm³/mol. The van der Waals surface area contributed by atoms with Gasteiger partial charge in [0, 0.05) is 0 Å². The van der Waals surface area contributed by atoms with E-state index < -0.39 is 0 Å². The van der Waals surface area contributed by atoms with Crippen LogP contribution in [0, 0.1) is 0 Å². The molecule has 3 nitrogen and oxygen atoms in total. The van der Waals surface area contributed by atoms with Gasteiger partial charge < -0.3 is 0 Å². The molecule has 0 fully saturated rings. The van der Waals surface area contributed by atoms with Crippen molar-refractivity contribution in [3.05, 3.63) is 88.2 Å². The summed E-state index contributed by atoms with van der Waals surface area (Å²) in [5.74, 6) is 0. The van der Waals surface area contributed by atoms with Crippen molar-refractivity contribution in [1.82, 2.24) is 4.98 Å². The van der Waals surface area contributed by atoms with Crippen LogP contribution in [0.25, 0.3) is 0 Å². The number of hydrogen-bond acceptors (Lipinski definition) is 3. The fourth-order valence-corrected chi connectivity index (χ4v) is 5.04. The maximum atomic E-state index is 5.25. The third-order valence-electron chi connectivity index (χ3n) is 7.35. The van der Waals surface area contributed by atoms with E-state index in [1.165, 1.54) is 22.3 Å². The summed E-state index contributed by atoms with van der Waals surface area (Å²) >= 11 is 0.194. The molecular formula is C37H51Cl2FeN3. The summed E-state index contributed by atoms with van der Waals surface area (Å²) in [7, 11) is 9.53. The molecule has 0 aliphatic heterocycles. The monoisotopic (exact) mass is 663 g/mol. The maximum absolute atomic E-state index is 5.25. The Morgan fingerprint density at radius 3 is 0.977 bits per heavy atom. The molecule has 0 atom stereocenters. The van der Waals surface area contributed by atoms with E-state index in [1.807, 2.05) is 0 Å². The SMILES string of the molecule is CC(=Nc1c(C(C)(C)C)cccc1C(C)(C)C)c1cccc(C(C)=Nc2c(C(C)(C)C)cccc2C(C)(C)C)n1.[Cl][Fe][Cl]. The zero-order valence-electron chi connectivity index (χ0n) is 28.6. The fraction of sp³-hybridized carbons (Fsp3) is 0.486. The standard InChI is InChI=1S/C37H51N3.2ClH.Fe/c1-24(38-32-26(34(3,4)5)18-15-19-27(32)35(6,7)8)30-22-17-23-31(40-30)25(2)39-33-28(36(9,10)11)20-16-21-29(33)37(12,13)14;;;/h15-23H,1-14H3;2*1H;/q;;;+2/p-2. The van der Waals surface area contributed by atoms with E-state index in [4.69, 9.17) is 35.2 Å². The molecule has 3 aromatic rings. The van der Waals surface area contributed by atoms with Crippen molar-refractivity contribution in [1.29, 1.82) is 0 Å². The van der Waals surface area contributed by atoms with Gasteiger partial charge in [0.15, 0.2) is 0 Å². The van der Waals surface area contributed by atoms with Crippen molar-refractivity contribution in [3.63, 3.8) is 0 Å². The van der Waals surface area contributed by atoms with E-state index in [0.29, 0.717) is 0 Å². The van der Waals surface area contributed by atoms with Gasteiger partial charge in [0.1, 0.15) is 0 Å². The number of rotatable bonds is 4. The molecule has 0 N–H and O–H groups in total. The Labute approximate surface area is 276 Å². The number of nitrogens with zero attached hydrogens (tertiary/aromatic N) is 3. The average Bonchev–Trinajstić information content (AvgIpc) is 2.87. The molecule has 0 saturated heterocycles. The van der Waals surface area contributed by atoms with Crippen molar-refractivity contribution >= 4 is 43.0 Å². The van der Waals surface area contributed by atoms with Gasteiger partial charge in [-0.3, -0.25) is 9.98 Å². The summed E-state index contributed by atoms with van der Waals surface area (Å²) in [6.45, 7) is 31.2. The van der Waals surface area contributed by atoms with Crippen LogP contribution in [0.15, 0.2) is 64.6 Å². The van der Waals surface area contributed by atoms with Crippen LogP contribution in [0.1, 0.15) is 131 Å². The molecule has 0 aliphatic carbocycles. The van der Waals surface area contributed by atoms with Crippen molar-refractivity contribution in [2.24, 2.45) is 9.98 Å². The molecule has 6 heteroatoms. The fourth-order valence-electron chi connectivity index (χ4n) is 5.04. The van der Waals surface area contributed by atoms with Crippen LogP contribution in [0.4, 0.5) is 11.4 Å². The molecule has 2 aromatic carbocycles. The zero-order chi connectivity index (χ0) is 33.0. The Morgan fingerprint density at radius 1 is 0.512 bits per heavy atom. The second-order valence-corrected chi connectivity index (χ2v) is 17.1. The van der Waals surface area contributed by atoms with Gasteiger partial charge in [-0.25, -0.2) is 4.98 Å². The van der Waals surface area contributed by atoms with Gasteiger partial charge in [-0.15, -0.1) is 0 Å². The van der Waals surface area contributed by atoms with Crippen LogP contribution < -0.4 is 0 Å². The van der Waals surface area contributed by atoms with Gasteiger partial charge in [-0.2, -0.15) is 0 Å². The van der Waals surface area contributed by atoms with Gasteiger partial charge in [-0.1, -0.05) is 126 Å². The van der Waals surface area contributed by atoms with Crippen LogP contribution in [0.3, 0.4) is 0 Å². The summed E-state index contributed by atoms with van der Waals surface area (Å²) in [5, 5.41) is 0. The third-order valence-corrected chi connectivity index (χ3v) is 7.35. The number of aromatic nitrogens is 1. The Morgan fingerprint density at radius 2 is 0.744 bits per heavy atom. The molecule has 1 heterocycles. The second-order valence-electron chi connectivity index (χ2n) is 15.3. The first kappa shape index (κ1) is 37.2. The summed E-state index contributed by atoms with van der Waals surface area (Å²) in [6, 6.07) is 19.3. The average molecular weight is 665 g/mol. The molecule has 0 amide bonds. The number of benzene rings is 2. The van der Waals surface area contributed by atoms with Gasteiger partial charge in [0.05, 0.1) is 34.2 Å². The number of halogens is 2.